The van der Waals surface area contributed by atoms with Gasteiger partial charge in [-0.1, -0.05) is 6.92 Å². The van der Waals surface area contributed by atoms with Gasteiger partial charge in [0.2, 0.25) is 0 Å². The summed E-state index contributed by atoms with van der Waals surface area (Å²) in [5, 5.41) is 8.14. The van der Waals surface area contributed by atoms with Gasteiger partial charge in [-0.25, -0.2) is 4.39 Å². The van der Waals surface area contributed by atoms with Gasteiger partial charge in [0.1, 0.15) is 11.6 Å². The number of rotatable bonds is 3. The number of anilines is 1. The molecule has 0 bridgehead atoms. The van der Waals surface area contributed by atoms with Crippen LogP contribution in [0.25, 0.3) is 11.4 Å². The number of benzene rings is 1. The van der Waals surface area contributed by atoms with Crippen LogP contribution in [-0.2, 0) is 6.54 Å². The van der Waals surface area contributed by atoms with E-state index in [0.29, 0.717) is 11.5 Å². The second-order valence-electron chi connectivity index (χ2n) is 3.95. The van der Waals surface area contributed by atoms with Gasteiger partial charge in [0.15, 0.2) is 5.82 Å². The predicted octanol–water partition coefficient (Wildman–Crippen LogP) is 2.38. The number of aryl methyl sites for hydroxylation is 1. The quantitative estimate of drug-likeness (QED) is 0.829. The van der Waals surface area contributed by atoms with Crippen molar-refractivity contribution in [3.63, 3.8) is 0 Å². The van der Waals surface area contributed by atoms with Crippen LogP contribution in [0.5, 0.6) is 0 Å². The summed E-state index contributed by atoms with van der Waals surface area (Å²) in [4.78, 5) is 0. The summed E-state index contributed by atoms with van der Waals surface area (Å²) in [6.07, 6.45) is 0.979. The van der Waals surface area contributed by atoms with Crippen molar-refractivity contribution in [2.75, 3.05) is 5.73 Å². The van der Waals surface area contributed by atoms with Crippen LogP contribution in [0.1, 0.15) is 19.2 Å². The average molecular weight is 234 g/mol. The van der Waals surface area contributed by atoms with Crippen molar-refractivity contribution in [2.45, 2.75) is 26.8 Å². The van der Waals surface area contributed by atoms with Crippen LogP contribution in [0.3, 0.4) is 0 Å². The highest BCUT2D eigenvalue weighted by atomic mass is 19.1. The zero-order valence-corrected chi connectivity index (χ0v) is 9.94. The van der Waals surface area contributed by atoms with Gasteiger partial charge >= 0.3 is 0 Å². The molecule has 1 aromatic heterocycles. The molecule has 2 N–H and O–H groups in total. The number of halogens is 1. The number of hydrogen-bond donors (Lipinski definition) is 1. The SMILES string of the molecule is CCCn1c(C)nnc1-c1ccc(F)cc1N. The fraction of sp³-hybridized carbons (Fsp3) is 0.333. The first-order chi connectivity index (χ1) is 8.13. The molecule has 2 rings (SSSR count). The van der Waals surface area contributed by atoms with E-state index in [1.807, 2.05) is 11.5 Å². The molecule has 0 aliphatic heterocycles. The van der Waals surface area contributed by atoms with Gasteiger partial charge in [-0.05, 0) is 31.5 Å². The van der Waals surface area contributed by atoms with Crippen LogP contribution in [-0.4, -0.2) is 14.8 Å². The molecule has 0 fully saturated rings. The first kappa shape index (κ1) is 11.6. The van der Waals surface area contributed by atoms with Crippen LogP contribution in [0.4, 0.5) is 10.1 Å². The van der Waals surface area contributed by atoms with Gasteiger partial charge in [-0.2, -0.15) is 0 Å². The first-order valence-electron chi connectivity index (χ1n) is 5.58. The third-order valence-electron chi connectivity index (χ3n) is 2.64. The molecule has 0 radical (unpaired) electrons. The molecule has 0 unspecified atom stereocenters. The van der Waals surface area contributed by atoms with Gasteiger partial charge in [0.05, 0.1) is 0 Å². The summed E-state index contributed by atoms with van der Waals surface area (Å²) in [7, 11) is 0. The second kappa shape index (κ2) is 4.53. The van der Waals surface area contributed by atoms with E-state index in [1.54, 1.807) is 6.07 Å². The predicted molar refractivity (Wildman–Crippen MR) is 64.9 cm³/mol. The summed E-state index contributed by atoms with van der Waals surface area (Å²) >= 11 is 0. The van der Waals surface area contributed by atoms with Gasteiger partial charge in [-0.15, -0.1) is 10.2 Å². The first-order valence-corrected chi connectivity index (χ1v) is 5.58. The number of hydrogen-bond acceptors (Lipinski definition) is 3. The highest BCUT2D eigenvalue weighted by Gasteiger charge is 2.13. The fourth-order valence-electron chi connectivity index (χ4n) is 1.81. The minimum Gasteiger partial charge on any atom is -0.398 e. The monoisotopic (exact) mass is 234 g/mol. The Hall–Kier alpha value is -1.91. The van der Waals surface area contributed by atoms with Crippen molar-refractivity contribution in [1.82, 2.24) is 14.8 Å². The second-order valence-corrected chi connectivity index (χ2v) is 3.95. The molecule has 0 saturated carbocycles. The Labute approximate surface area is 99.3 Å². The smallest absolute Gasteiger partial charge is 0.166 e. The Morgan fingerprint density at radius 3 is 2.76 bits per heavy atom. The van der Waals surface area contributed by atoms with E-state index in [2.05, 4.69) is 17.1 Å². The molecule has 1 heterocycles. The van der Waals surface area contributed by atoms with Crippen molar-refractivity contribution in [2.24, 2.45) is 0 Å². The summed E-state index contributed by atoms with van der Waals surface area (Å²) in [6, 6.07) is 4.32. The maximum atomic E-state index is 13.0. The van der Waals surface area contributed by atoms with E-state index in [0.717, 1.165) is 24.4 Å². The molecule has 17 heavy (non-hydrogen) atoms. The molecule has 0 atom stereocenters. The van der Waals surface area contributed by atoms with Crippen LogP contribution in [0.15, 0.2) is 18.2 Å². The van der Waals surface area contributed by atoms with E-state index in [-0.39, 0.29) is 5.82 Å². The summed E-state index contributed by atoms with van der Waals surface area (Å²) in [5.41, 5.74) is 6.91. The lowest BCUT2D eigenvalue weighted by Gasteiger charge is -2.08. The molecule has 0 amide bonds. The Bertz CT molecular complexity index is 533. The lowest BCUT2D eigenvalue weighted by molar-refractivity contribution is 0.628. The molecule has 90 valence electrons. The number of nitrogens with zero attached hydrogens (tertiary/aromatic N) is 3. The largest absolute Gasteiger partial charge is 0.398 e. The average Bonchev–Trinajstić information content (AvgIpc) is 2.62. The zero-order chi connectivity index (χ0) is 12.4. The third-order valence-corrected chi connectivity index (χ3v) is 2.64. The number of nitrogen functional groups attached to an aromatic ring is 1. The van der Waals surface area contributed by atoms with E-state index >= 15 is 0 Å². The Morgan fingerprint density at radius 1 is 1.35 bits per heavy atom. The van der Waals surface area contributed by atoms with Gasteiger partial charge < -0.3 is 10.3 Å². The zero-order valence-electron chi connectivity index (χ0n) is 9.94. The molecule has 2 aromatic rings. The molecular formula is C12H15FN4. The van der Waals surface area contributed by atoms with Gasteiger partial charge in [0.25, 0.3) is 0 Å². The van der Waals surface area contributed by atoms with E-state index in [1.165, 1.54) is 12.1 Å². The molecule has 5 heteroatoms. The lowest BCUT2D eigenvalue weighted by atomic mass is 10.1. The number of nitrogens with two attached hydrogens (primary N) is 1. The molecular weight excluding hydrogens is 219 g/mol. The topological polar surface area (TPSA) is 56.7 Å². The fourth-order valence-corrected chi connectivity index (χ4v) is 1.81. The molecule has 0 aliphatic carbocycles. The van der Waals surface area contributed by atoms with Crippen LogP contribution in [0, 0.1) is 12.7 Å². The molecule has 4 nitrogen and oxygen atoms in total. The standard InChI is InChI=1S/C12H15FN4/c1-3-6-17-8(2)15-16-12(17)10-5-4-9(13)7-11(10)14/h4-5,7H,3,6,14H2,1-2H3. The summed E-state index contributed by atoms with van der Waals surface area (Å²) in [6.45, 7) is 4.80. The van der Waals surface area contributed by atoms with Crippen molar-refractivity contribution in [1.29, 1.82) is 0 Å². The van der Waals surface area contributed by atoms with Crippen LogP contribution >= 0.6 is 0 Å². The van der Waals surface area contributed by atoms with Gasteiger partial charge in [0, 0.05) is 17.8 Å². The van der Waals surface area contributed by atoms with E-state index in [4.69, 9.17) is 5.73 Å². The molecule has 1 aromatic carbocycles. The van der Waals surface area contributed by atoms with Crippen molar-refractivity contribution >= 4 is 5.69 Å². The minimum absolute atomic E-state index is 0.343. The third kappa shape index (κ3) is 2.13. The number of aromatic nitrogens is 3. The lowest BCUT2D eigenvalue weighted by Crippen LogP contribution is -2.03. The van der Waals surface area contributed by atoms with E-state index in [9.17, 15) is 4.39 Å². The van der Waals surface area contributed by atoms with Crippen LogP contribution in [0.2, 0.25) is 0 Å². The Kier molecular flexibility index (Phi) is 3.08. The van der Waals surface area contributed by atoms with Crippen molar-refractivity contribution in [3.8, 4) is 11.4 Å². The highest BCUT2D eigenvalue weighted by Crippen LogP contribution is 2.25. The van der Waals surface area contributed by atoms with Crippen LogP contribution < -0.4 is 5.73 Å². The summed E-state index contributed by atoms with van der Waals surface area (Å²) in [5.74, 6) is 1.19. The normalized spacial score (nSPS) is 10.8. The molecule has 0 spiro atoms. The highest BCUT2D eigenvalue weighted by molar-refractivity contribution is 5.71. The van der Waals surface area contributed by atoms with Crippen molar-refractivity contribution in [3.05, 3.63) is 29.8 Å². The van der Waals surface area contributed by atoms with E-state index < -0.39 is 0 Å². The van der Waals surface area contributed by atoms with Gasteiger partial charge in [-0.3, -0.25) is 0 Å². The maximum absolute atomic E-state index is 13.0. The molecule has 0 saturated heterocycles. The maximum Gasteiger partial charge on any atom is 0.166 e. The Balaban J connectivity index is 2.52. The summed E-state index contributed by atoms with van der Waals surface area (Å²) < 4.78 is 15.0. The minimum atomic E-state index is -0.343. The molecule has 0 aliphatic rings. The Morgan fingerprint density at radius 2 is 2.12 bits per heavy atom. The van der Waals surface area contributed by atoms with Crippen molar-refractivity contribution < 1.29 is 4.39 Å².